The van der Waals surface area contributed by atoms with Crippen LogP contribution >= 0.6 is 0 Å². The van der Waals surface area contributed by atoms with Crippen molar-refractivity contribution in [3.05, 3.63) is 35.9 Å². The average molecular weight is 236 g/mol. The maximum atomic E-state index is 9.64. The number of hydrogen-bond donors (Lipinski definition) is 1. The van der Waals surface area contributed by atoms with E-state index in [1.165, 1.54) is 5.56 Å². The molecule has 0 spiro atoms. The van der Waals surface area contributed by atoms with Gasteiger partial charge in [0.2, 0.25) is 0 Å². The van der Waals surface area contributed by atoms with Crippen LogP contribution in [0, 0.1) is 11.8 Å². The lowest BCUT2D eigenvalue weighted by molar-refractivity contribution is 0.0500. The Kier molecular flexibility index (Phi) is 6.23. The molecule has 1 rings (SSSR count). The fourth-order valence-corrected chi connectivity index (χ4v) is 2.12. The van der Waals surface area contributed by atoms with E-state index in [4.69, 9.17) is 4.74 Å². The monoisotopic (exact) mass is 236 g/mol. The quantitative estimate of drug-likeness (QED) is 0.736. The van der Waals surface area contributed by atoms with Gasteiger partial charge in [-0.2, -0.15) is 0 Å². The molecule has 2 heteroatoms. The molecular weight excluding hydrogens is 212 g/mol. The molecule has 0 aliphatic heterocycles. The van der Waals surface area contributed by atoms with Crippen molar-refractivity contribution < 1.29 is 9.84 Å². The summed E-state index contributed by atoms with van der Waals surface area (Å²) >= 11 is 0. The van der Waals surface area contributed by atoms with E-state index >= 15 is 0 Å². The molecule has 0 saturated heterocycles. The molecule has 1 N–H and O–H groups in total. The van der Waals surface area contributed by atoms with Crippen LogP contribution in [0.1, 0.15) is 32.8 Å². The van der Waals surface area contributed by atoms with E-state index in [1.54, 1.807) is 0 Å². The molecule has 1 aromatic carbocycles. The van der Waals surface area contributed by atoms with Crippen LogP contribution in [0.15, 0.2) is 30.3 Å². The summed E-state index contributed by atoms with van der Waals surface area (Å²) in [6.45, 7) is 7.53. The first kappa shape index (κ1) is 14.2. The standard InChI is InChI=1S/C15H24O2/c1-12(2)15(13(3)16)9-10-17-11-14-7-5-4-6-8-14/h4-8,12-13,15-16H,9-11H2,1-3H3. The van der Waals surface area contributed by atoms with Gasteiger partial charge in [0.1, 0.15) is 0 Å². The molecule has 17 heavy (non-hydrogen) atoms. The fraction of sp³-hybridized carbons (Fsp3) is 0.600. The number of benzene rings is 1. The van der Waals surface area contributed by atoms with Crippen LogP contribution in [0.3, 0.4) is 0 Å². The number of aliphatic hydroxyl groups is 1. The lowest BCUT2D eigenvalue weighted by atomic mass is 9.88. The summed E-state index contributed by atoms with van der Waals surface area (Å²) in [6.07, 6.45) is 0.664. The largest absolute Gasteiger partial charge is 0.393 e. The SMILES string of the molecule is CC(C)C(CCOCc1ccccc1)C(C)O. The zero-order chi connectivity index (χ0) is 12.7. The molecule has 96 valence electrons. The highest BCUT2D eigenvalue weighted by molar-refractivity contribution is 5.13. The molecule has 1 aromatic rings. The first-order valence-electron chi connectivity index (χ1n) is 6.41. The third-order valence-electron chi connectivity index (χ3n) is 3.18. The highest BCUT2D eigenvalue weighted by Crippen LogP contribution is 2.19. The van der Waals surface area contributed by atoms with Crippen LogP contribution in [0.2, 0.25) is 0 Å². The molecule has 0 aromatic heterocycles. The van der Waals surface area contributed by atoms with Crippen LogP contribution < -0.4 is 0 Å². The van der Waals surface area contributed by atoms with Crippen LogP contribution in [0.5, 0.6) is 0 Å². The highest BCUT2D eigenvalue weighted by atomic mass is 16.5. The van der Waals surface area contributed by atoms with Crippen molar-refractivity contribution in [2.75, 3.05) is 6.61 Å². The van der Waals surface area contributed by atoms with Crippen molar-refractivity contribution in [1.29, 1.82) is 0 Å². The van der Waals surface area contributed by atoms with Crippen molar-refractivity contribution in [3.8, 4) is 0 Å². The van der Waals surface area contributed by atoms with Crippen LogP contribution in [-0.2, 0) is 11.3 Å². The van der Waals surface area contributed by atoms with Gasteiger partial charge < -0.3 is 9.84 Å². The van der Waals surface area contributed by atoms with E-state index in [2.05, 4.69) is 26.0 Å². The first-order valence-corrected chi connectivity index (χ1v) is 6.41. The topological polar surface area (TPSA) is 29.5 Å². The van der Waals surface area contributed by atoms with Gasteiger partial charge in [0.15, 0.2) is 0 Å². The second kappa shape index (κ2) is 7.46. The summed E-state index contributed by atoms with van der Waals surface area (Å²) in [5.41, 5.74) is 1.20. The van der Waals surface area contributed by atoms with Crippen LogP contribution in [0.4, 0.5) is 0 Å². The van der Waals surface area contributed by atoms with Crippen molar-refractivity contribution >= 4 is 0 Å². The van der Waals surface area contributed by atoms with Gasteiger partial charge in [-0.1, -0.05) is 44.2 Å². The van der Waals surface area contributed by atoms with Gasteiger partial charge in [0.25, 0.3) is 0 Å². The van der Waals surface area contributed by atoms with E-state index in [0.717, 1.165) is 6.42 Å². The molecule has 2 atom stereocenters. The molecule has 0 amide bonds. The molecule has 0 fully saturated rings. The van der Waals surface area contributed by atoms with E-state index < -0.39 is 0 Å². The summed E-state index contributed by atoms with van der Waals surface area (Å²) in [7, 11) is 0. The number of aliphatic hydroxyl groups excluding tert-OH is 1. The Labute approximate surface area is 105 Å². The maximum absolute atomic E-state index is 9.64. The second-order valence-electron chi connectivity index (χ2n) is 4.98. The van der Waals surface area contributed by atoms with Gasteiger partial charge in [-0.15, -0.1) is 0 Å². The van der Waals surface area contributed by atoms with E-state index in [1.807, 2.05) is 25.1 Å². The predicted molar refractivity (Wildman–Crippen MR) is 70.7 cm³/mol. The Morgan fingerprint density at radius 3 is 2.29 bits per heavy atom. The lowest BCUT2D eigenvalue weighted by Gasteiger charge is -2.23. The molecule has 2 nitrogen and oxygen atoms in total. The fourth-order valence-electron chi connectivity index (χ4n) is 2.12. The van der Waals surface area contributed by atoms with Gasteiger partial charge >= 0.3 is 0 Å². The van der Waals surface area contributed by atoms with E-state index in [-0.39, 0.29) is 6.10 Å². The Bertz CT molecular complexity index is 285. The van der Waals surface area contributed by atoms with Gasteiger partial charge in [-0.3, -0.25) is 0 Å². The van der Waals surface area contributed by atoms with Crippen molar-refractivity contribution in [3.63, 3.8) is 0 Å². The minimum atomic E-state index is -0.254. The summed E-state index contributed by atoms with van der Waals surface area (Å²) in [4.78, 5) is 0. The second-order valence-corrected chi connectivity index (χ2v) is 4.98. The minimum Gasteiger partial charge on any atom is -0.393 e. The summed E-state index contributed by atoms with van der Waals surface area (Å²) in [6, 6.07) is 10.2. The maximum Gasteiger partial charge on any atom is 0.0716 e. The number of ether oxygens (including phenoxy) is 1. The highest BCUT2D eigenvalue weighted by Gasteiger charge is 2.18. The zero-order valence-electron chi connectivity index (χ0n) is 11.1. The third kappa shape index (κ3) is 5.33. The zero-order valence-corrected chi connectivity index (χ0v) is 11.1. The molecule has 0 bridgehead atoms. The lowest BCUT2D eigenvalue weighted by Crippen LogP contribution is -2.23. The average Bonchev–Trinajstić information content (AvgIpc) is 2.29. The van der Waals surface area contributed by atoms with Gasteiger partial charge in [0, 0.05) is 6.61 Å². The minimum absolute atomic E-state index is 0.254. The van der Waals surface area contributed by atoms with E-state index in [9.17, 15) is 5.11 Å². The molecule has 0 heterocycles. The summed E-state index contributed by atoms with van der Waals surface area (Å²) in [5, 5.41) is 9.64. The van der Waals surface area contributed by atoms with Crippen LogP contribution in [0.25, 0.3) is 0 Å². The van der Waals surface area contributed by atoms with Crippen molar-refractivity contribution in [2.45, 2.75) is 39.9 Å². The predicted octanol–water partition coefficient (Wildman–Crippen LogP) is 3.25. The Morgan fingerprint density at radius 2 is 1.76 bits per heavy atom. The number of hydrogen-bond acceptors (Lipinski definition) is 2. The van der Waals surface area contributed by atoms with Crippen molar-refractivity contribution in [2.24, 2.45) is 11.8 Å². The van der Waals surface area contributed by atoms with Crippen molar-refractivity contribution in [1.82, 2.24) is 0 Å². The van der Waals surface area contributed by atoms with E-state index in [0.29, 0.717) is 25.0 Å². The molecule has 0 aliphatic carbocycles. The molecular formula is C15H24O2. The molecule has 0 radical (unpaired) electrons. The smallest absolute Gasteiger partial charge is 0.0716 e. The third-order valence-corrected chi connectivity index (χ3v) is 3.18. The Morgan fingerprint density at radius 1 is 1.12 bits per heavy atom. The molecule has 0 saturated carbocycles. The summed E-state index contributed by atoms with van der Waals surface area (Å²) < 4.78 is 5.64. The Hall–Kier alpha value is -0.860. The molecule has 2 unspecified atom stereocenters. The van der Waals surface area contributed by atoms with Gasteiger partial charge in [-0.25, -0.2) is 0 Å². The Balaban J connectivity index is 2.23. The van der Waals surface area contributed by atoms with Gasteiger partial charge in [-0.05, 0) is 30.7 Å². The first-order chi connectivity index (χ1) is 8.11. The summed E-state index contributed by atoms with van der Waals surface area (Å²) in [5.74, 6) is 0.820. The normalized spacial score (nSPS) is 14.9. The number of rotatable bonds is 7. The van der Waals surface area contributed by atoms with Gasteiger partial charge in [0.05, 0.1) is 12.7 Å². The van der Waals surface area contributed by atoms with Crippen LogP contribution in [-0.4, -0.2) is 17.8 Å². The molecule has 0 aliphatic rings.